The van der Waals surface area contributed by atoms with E-state index >= 15 is 0 Å². The number of benzene rings is 1. The van der Waals surface area contributed by atoms with Crippen molar-refractivity contribution in [1.82, 2.24) is 4.31 Å². The number of rotatable bonds is 5. The second-order valence-corrected chi connectivity index (χ2v) is 7.60. The third kappa shape index (κ3) is 3.75. The number of hydrogen-bond acceptors (Lipinski definition) is 4. The zero-order valence-corrected chi connectivity index (χ0v) is 13.3. The van der Waals surface area contributed by atoms with Gasteiger partial charge in [0, 0.05) is 18.3 Å². The Morgan fingerprint density at radius 2 is 1.90 bits per heavy atom. The van der Waals surface area contributed by atoms with Gasteiger partial charge in [-0.15, -0.1) is 0 Å². The van der Waals surface area contributed by atoms with Gasteiger partial charge in [-0.05, 0) is 43.5 Å². The number of hydrogen-bond donors (Lipinski definition) is 2. The summed E-state index contributed by atoms with van der Waals surface area (Å²) < 4.78 is 27.2. The van der Waals surface area contributed by atoms with E-state index in [1.54, 1.807) is 12.1 Å². The fraction of sp³-hybridized carbons (Fsp3) is 0.600. The molecule has 6 heteroatoms. The Morgan fingerprint density at radius 1 is 1.24 bits per heavy atom. The maximum Gasteiger partial charge on any atom is 0.243 e. The Kier molecular flexibility index (Phi) is 5.24. The molecule has 118 valence electrons. The first-order valence-corrected chi connectivity index (χ1v) is 8.89. The van der Waals surface area contributed by atoms with E-state index in [-0.39, 0.29) is 24.1 Å². The van der Waals surface area contributed by atoms with Crippen molar-refractivity contribution < 1.29 is 13.5 Å². The molecule has 0 aromatic heterocycles. The minimum Gasteiger partial charge on any atom is -0.399 e. The summed E-state index contributed by atoms with van der Waals surface area (Å²) in [7, 11) is -3.61. The van der Waals surface area contributed by atoms with E-state index in [1.165, 1.54) is 10.4 Å². The van der Waals surface area contributed by atoms with Gasteiger partial charge in [-0.3, -0.25) is 0 Å². The molecule has 1 fully saturated rings. The molecule has 1 saturated carbocycles. The predicted molar refractivity (Wildman–Crippen MR) is 83.4 cm³/mol. The van der Waals surface area contributed by atoms with E-state index in [1.807, 2.05) is 6.92 Å². The molecule has 1 aliphatic carbocycles. The summed E-state index contributed by atoms with van der Waals surface area (Å²) in [5, 5.41) is 9.26. The van der Waals surface area contributed by atoms with Gasteiger partial charge in [0.05, 0.1) is 11.5 Å². The molecule has 0 radical (unpaired) electrons. The third-order valence-electron chi connectivity index (χ3n) is 3.98. The molecule has 1 aromatic carbocycles. The molecule has 0 heterocycles. The molecule has 0 atom stereocenters. The average Bonchev–Trinajstić information content (AvgIpc) is 2.44. The first-order chi connectivity index (χ1) is 9.95. The van der Waals surface area contributed by atoms with E-state index in [0.29, 0.717) is 5.69 Å². The molecule has 2 rings (SSSR count). The molecule has 0 bridgehead atoms. The van der Waals surface area contributed by atoms with Crippen molar-refractivity contribution in [1.29, 1.82) is 0 Å². The first-order valence-electron chi connectivity index (χ1n) is 7.45. The zero-order valence-electron chi connectivity index (χ0n) is 12.5. The van der Waals surface area contributed by atoms with Crippen LogP contribution < -0.4 is 5.73 Å². The smallest absolute Gasteiger partial charge is 0.243 e. The largest absolute Gasteiger partial charge is 0.399 e. The van der Waals surface area contributed by atoms with Crippen LogP contribution >= 0.6 is 0 Å². The fourth-order valence-corrected chi connectivity index (χ4v) is 4.84. The Morgan fingerprint density at radius 3 is 2.48 bits per heavy atom. The molecule has 0 unspecified atom stereocenters. The van der Waals surface area contributed by atoms with Gasteiger partial charge >= 0.3 is 0 Å². The van der Waals surface area contributed by atoms with Crippen LogP contribution in [0.4, 0.5) is 5.69 Å². The lowest BCUT2D eigenvalue weighted by Gasteiger charge is -2.33. The van der Waals surface area contributed by atoms with Crippen molar-refractivity contribution in [3.05, 3.63) is 23.8 Å². The number of nitrogens with zero attached hydrogens (tertiary/aromatic N) is 1. The predicted octanol–water partition coefficient (Wildman–Crippen LogP) is 1.89. The molecule has 0 spiro atoms. The molecule has 0 amide bonds. The minimum atomic E-state index is -3.61. The lowest BCUT2D eigenvalue weighted by atomic mass is 9.95. The summed E-state index contributed by atoms with van der Waals surface area (Å²) in [4.78, 5) is 0.221. The maximum atomic E-state index is 12.9. The summed E-state index contributed by atoms with van der Waals surface area (Å²) in [6.45, 7) is 1.80. The molecule has 1 aliphatic rings. The van der Waals surface area contributed by atoms with Crippen molar-refractivity contribution in [2.75, 3.05) is 18.9 Å². The van der Waals surface area contributed by atoms with Crippen LogP contribution in [0.25, 0.3) is 0 Å². The topological polar surface area (TPSA) is 83.6 Å². The van der Waals surface area contributed by atoms with E-state index < -0.39 is 10.0 Å². The zero-order chi connectivity index (χ0) is 15.5. The van der Waals surface area contributed by atoms with Gasteiger partial charge in [-0.2, -0.15) is 4.31 Å². The molecular weight excluding hydrogens is 288 g/mol. The Hall–Kier alpha value is -1.11. The van der Waals surface area contributed by atoms with Gasteiger partial charge in [-0.25, -0.2) is 8.42 Å². The summed E-state index contributed by atoms with van der Waals surface area (Å²) in [6.07, 6.45) is 4.96. The Labute approximate surface area is 126 Å². The number of nitrogens with two attached hydrogens (primary N) is 1. The van der Waals surface area contributed by atoms with Gasteiger partial charge in [0.2, 0.25) is 10.0 Å². The highest BCUT2D eigenvalue weighted by Gasteiger charge is 2.32. The number of anilines is 1. The Balaban J connectivity index is 2.36. The van der Waals surface area contributed by atoms with Crippen molar-refractivity contribution in [2.45, 2.75) is 50.0 Å². The maximum absolute atomic E-state index is 12.9. The van der Waals surface area contributed by atoms with Gasteiger partial charge < -0.3 is 10.8 Å². The number of aryl methyl sites for hydroxylation is 1. The molecule has 21 heavy (non-hydrogen) atoms. The summed E-state index contributed by atoms with van der Waals surface area (Å²) >= 11 is 0. The van der Waals surface area contributed by atoms with Crippen LogP contribution in [0.5, 0.6) is 0 Å². The van der Waals surface area contributed by atoms with Crippen LogP contribution in [0.1, 0.15) is 37.7 Å². The highest BCUT2D eigenvalue weighted by Crippen LogP contribution is 2.28. The number of aliphatic hydroxyl groups excluding tert-OH is 1. The van der Waals surface area contributed by atoms with Gasteiger partial charge in [0.25, 0.3) is 0 Å². The molecular formula is C15H24N2O3S. The molecule has 0 saturated heterocycles. The Bertz CT molecular complexity index is 560. The third-order valence-corrected chi connectivity index (χ3v) is 5.91. The van der Waals surface area contributed by atoms with Gasteiger partial charge in [-0.1, -0.05) is 19.3 Å². The summed E-state index contributed by atoms with van der Waals surface area (Å²) in [5.41, 5.74) is 7.04. The highest BCUT2D eigenvalue weighted by molar-refractivity contribution is 7.89. The average molecular weight is 312 g/mol. The highest BCUT2D eigenvalue weighted by atomic mass is 32.2. The van der Waals surface area contributed by atoms with Crippen molar-refractivity contribution in [3.8, 4) is 0 Å². The monoisotopic (exact) mass is 312 g/mol. The minimum absolute atomic E-state index is 0.0161. The van der Waals surface area contributed by atoms with E-state index in [0.717, 1.165) is 37.7 Å². The summed E-state index contributed by atoms with van der Waals surface area (Å²) in [5.74, 6) is 0. The second kappa shape index (κ2) is 6.77. The SMILES string of the molecule is Cc1cc(N)cc(S(=O)(=O)N(CCO)C2CCCCC2)c1. The van der Waals surface area contributed by atoms with E-state index in [9.17, 15) is 13.5 Å². The molecule has 1 aromatic rings. The van der Waals surface area contributed by atoms with Crippen LogP contribution in [0.2, 0.25) is 0 Å². The van der Waals surface area contributed by atoms with Crippen molar-refractivity contribution >= 4 is 15.7 Å². The number of sulfonamides is 1. The lowest BCUT2D eigenvalue weighted by molar-refractivity contribution is 0.199. The van der Waals surface area contributed by atoms with Crippen LogP contribution in [0.15, 0.2) is 23.1 Å². The fourth-order valence-electron chi connectivity index (χ4n) is 3.03. The number of aliphatic hydroxyl groups is 1. The molecule has 5 nitrogen and oxygen atoms in total. The number of nitrogen functional groups attached to an aromatic ring is 1. The molecule has 3 N–H and O–H groups in total. The van der Waals surface area contributed by atoms with Gasteiger partial charge in [0.1, 0.15) is 0 Å². The van der Waals surface area contributed by atoms with E-state index in [2.05, 4.69) is 0 Å². The normalized spacial score (nSPS) is 17.3. The van der Waals surface area contributed by atoms with Crippen LogP contribution in [0, 0.1) is 6.92 Å². The van der Waals surface area contributed by atoms with Crippen LogP contribution in [-0.2, 0) is 10.0 Å². The van der Waals surface area contributed by atoms with E-state index in [4.69, 9.17) is 5.73 Å². The van der Waals surface area contributed by atoms with Crippen LogP contribution in [-0.4, -0.2) is 37.0 Å². The molecule has 0 aliphatic heterocycles. The standard InChI is InChI=1S/C15H24N2O3S/c1-12-9-13(16)11-15(10-12)21(19,20)17(7-8-18)14-5-3-2-4-6-14/h9-11,14,18H,2-8,16H2,1H3. The second-order valence-electron chi connectivity index (χ2n) is 5.71. The summed E-state index contributed by atoms with van der Waals surface area (Å²) in [6, 6.07) is 4.86. The first kappa shape index (κ1) is 16.3. The van der Waals surface area contributed by atoms with Crippen LogP contribution in [0.3, 0.4) is 0 Å². The quantitative estimate of drug-likeness (QED) is 0.813. The van der Waals surface area contributed by atoms with Crippen molar-refractivity contribution in [2.24, 2.45) is 0 Å². The lowest BCUT2D eigenvalue weighted by Crippen LogP contribution is -2.43. The van der Waals surface area contributed by atoms with Gasteiger partial charge in [0.15, 0.2) is 0 Å². The van der Waals surface area contributed by atoms with Crippen molar-refractivity contribution in [3.63, 3.8) is 0 Å².